The average Bonchev–Trinajstić information content (AvgIpc) is 2.56. The monoisotopic (exact) mass is 337 g/mol. The van der Waals surface area contributed by atoms with Crippen molar-refractivity contribution in [2.45, 2.75) is 37.8 Å². The minimum Gasteiger partial charge on any atom is -0.381 e. The number of nitrogens with zero attached hydrogens (tertiary/aromatic N) is 1. The number of rotatable bonds is 6. The van der Waals surface area contributed by atoms with E-state index in [-0.39, 0.29) is 23.4 Å². The minimum absolute atomic E-state index is 0.0274. The van der Waals surface area contributed by atoms with E-state index in [2.05, 4.69) is 15.5 Å². The van der Waals surface area contributed by atoms with E-state index in [4.69, 9.17) is 4.74 Å². The van der Waals surface area contributed by atoms with E-state index < -0.39 is 0 Å². The van der Waals surface area contributed by atoms with E-state index >= 15 is 0 Å². The number of carbonyl (C=O) groups is 1. The first-order valence-electron chi connectivity index (χ1n) is 8.45. The number of likely N-dealkylation sites (N-methyl/N-ethyl adjacent to an activating group) is 1. The lowest BCUT2D eigenvalue weighted by molar-refractivity contribution is -0.00574. The normalized spacial score (nSPS) is 18.2. The van der Waals surface area contributed by atoms with Crippen LogP contribution in [0.3, 0.4) is 0 Å². The fourth-order valence-corrected chi connectivity index (χ4v) is 3.08. The van der Waals surface area contributed by atoms with Crippen molar-refractivity contribution in [3.8, 4) is 0 Å². The van der Waals surface area contributed by atoms with Crippen LogP contribution < -0.4 is 10.6 Å². The van der Waals surface area contributed by atoms with Crippen molar-refractivity contribution in [3.05, 3.63) is 35.6 Å². The predicted octanol–water partition coefficient (Wildman–Crippen LogP) is 2.17. The maximum absolute atomic E-state index is 12.9. The first-order chi connectivity index (χ1) is 11.4. The highest BCUT2D eigenvalue weighted by Gasteiger charge is 2.35. The van der Waals surface area contributed by atoms with Gasteiger partial charge in [-0.1, -0.05) is 12.1 Å². The third-order valence-electron chi connectivity index (χ3n) is 4.78. The number of benzene rings is 1. The lowest BCUT2D eigenvalue weighted by atomic mass is 9.88. The number of ether oxygens (including phenoxy) is 1. The van der Waals surface area contributed by atoms with Crippen molar-refractivity contribution in [1.82, 2.24) is 15.5 Å². The summed E-state index contributed by atoms with van der Waals surface area (Å²) in [6.45, 7) is 3.99. The molecule has 6 heteroatoms. The van der Waals surface area contributed by atoms with Crippen LogP contribution in [0.2, 0.25) is 0 Å². The van der Waals surface area contributed by atoms with Crippen LogP contribution in [0.25, 0.3) is 0 Å². The predicted molar refractivity (Wildman–Crippen MR) is 92.6 cm³/mol. The lowest BCUT2D eigenvalue weighted by Gasteiger charge is -2.42. The first-order valence-corrected chi connectivity index (χ1v) is 8.45. The second kappa shape index (κ2) is 8.44. The fraction of sp³-hybridized carbons (Fsp3) is 0.611. The number of halogens is 1. The molecule has 1 unspecified atom stereocenters. The van der Waals surface area contributed by atoms with Gasteiger partial charge in [-0.15, -0.1) is 0 Å². The molecule has 1 aliphatic heterocycles. The summed E-state index contributed by atoms with van der Waals surface area (Å²) in [5, 5.41) is 5.94. The van der Waals surface area contributed by atoms with Gasteiger partial charge in [0.1, 0.15) is 5.82 Å². The summed E-state index contributed by atoms with van der Waals surface area (Å²) in [6.07, 6.45) is 2.48. The highest BCUT2D eigenvalue weighted by molar-refractivity contribution is 5.74. The molecule has 0 saturated carbocycles. The summed E-state index contributed by atoms with van der Waals surface area (Å²) >= 11 is 0. The van der Waals surface area contributed by atoms with Crippen molar-refractivity contribution in [1.29, 1.82) is 0 Å². The Bertz CT molecular complexity index is 528. The van der Waals surface area contributed by atoms with Crippen molar-refractivity contribution in [3.63, 3.8) is 0 Å². The largest absolute Gasteiger partial charge is 0.381 e. The van der Waals surface area contributed by atoms with E-state index in [0.29, 0.717) is 13.0 Å². The van der Waals surface area contributed by atoms with Crippen LogP contribution >= 0.6 is 0 Å². The SMILES string of the molecule is CC(Cc1ccc(F)cc1)NC(=O)NCC1(N(C)C)CCOCC1. The summed E-state index contributed by atoms with van der Waals surface area (Å²) in [7, 11) is 4.09. The molecule has 0 spiro atoms. The molecule has 1 heterocycles. The van der Waals surface area contributed by atoms with Crippen LogP contribution in [0.5, 0.6) is 0 Å². The molecule has 5 nitrogen and oxygen atoms in total. The number of urea groups is 1. The second-order valence-corrected chi connectivity index (χ2v) is 6.79. The van der Waals surface area contributed by atoms with E-state index in [0.717, 1.165) is 31.6 Å². The number of carbonyl (C=O) groups excluding carboxylic acids is 1. The van der Waals surface area contributed by atoms with Gasteiger partial charge in [-0.25, -0.2) is 9.18 Å². The molecule has 24 heavy (non-hydrogen) atoms. The fourth-order valence-electron chi connectivity index (χ4n) is 3.08. The number of hydrogen-bond acceptors (Lipinski definition) is 3. The Morgan fingerprint density at radius 3 is 2.50 bits per heavy atom. The Morgan fingerprint density at radius 2 is 1.92 bits per heavy atom. The van der Waals surface area contributed by atoms with Crippen LogP contribution in [-0.2, 0) is 11.2 Å². The molecule has 1 atom stereocenters. The molecule has 2 amide bonds. The summed E-state index contributed by atoms with van der Waals surface area (Å²) in [5.41, 5.74) is 0.953. The average molecular weight is 337 g/mol. The van der Waals surface area contributed by atoms with Gasteiger partial charge >= 0.3 is 6.03 Å². The molecule has 0 aromatic heterocycles. The van der Waals surface area contributed by atoms with Crippen LogP contribution in [0.15, 0.2) is 24.3 Å². The zero-order valence-corrected chi connectivity index (χ0v) is 14.8. The molecular weight excluding hydrogens is 309 g/mol. The smallest absolute Gasteiger partial charge is 0.315 e. The minimum atomic E-state index is -0.248. The van der Waals surface area contributed by atoms with Crippen molar-refractivity contribution >= 4 is 6.03 Å². The van der Waals surface area contributed by atoms with Gasteiger partial charge in [0.25, 0.3) is 0 Å². The van der Waals surface area contributed by atoms with Gasteiger partial charge in [0, 0.05) is 31.3 Å². The maximum atomic E-state index is 12.9. The molecule has 0 aliphatic carbocycles. The highest BCUT2D eigenvalue weighted by atomic mass is 19.1. The molecule has 1 aromatic rings. The number of amides is 2. The molecule has 2 rings (SSSR count). The molecule has 1 saturated heterocycles. The van der Waals surface area contributed by atoms with E-state index in [1.54, 1.807) is 12.1 Å². The van der Waals surface area contributed by atoms with Crippen LogP contribution in [-0.4, -0.2) is 56.4 Å². The van der Waals surface area contributed by atoms with Gasteiger partial charge in [-0.3, -0.25) is 0 Å². The van der Waals surface area contributed by atoms with Crippen LogP contribution in [0.1, 0.15) is 25.3 Å². The topological polar surface area (TPSA) is 53.6 Å². The van der Waals surface area contributed by atoms with E-state index in [9.17, 15) is 9.18 Å². The van der Waals surface area contributed by atoms with Crippen molar-refractivity contribution in [2.24, 2.45) is 0 Å². The summed E-state index contributed by atoms with van der Waals surface area (Å²) in [5.74, 6) is -0.248. The lowest BCUT2D eigenvalue weighted by Crippen LogP contribution is -2.57. The van der Waals surface area contributed by atoms with Crippen molar-refractivity contribution in [2.75, 3.05) is 33.9 Å². The standard InChI is InChI=1S/C18H28FN3O2/c1-14(12-15-4-6-16(19)7-5-15)21-17(23)20-13-18(22(2)3)8-10-24-11-9-18/h4-7,14H,8-13H2,1-3H3,(H2,20,21,23). The van der Waals surface area contributed by atoms with E-state index in [1.807, 2.05) is 21.0 Å². The van der Waals surface area contributed by atoms with Gasteiger partial charge in [0.2, 0.25) is 0 Å². The molecule has 1 aliphatic rings. The third-order valence-corrected chi connectivity index (χ3v) is 4.78. The number of hydrogen-bond donors (Lipinski definition) is 2. The third kappa shape index (κ3) is 5.18. The zero-order chi connectivity index (χ0) is 17.6. The quantitative estimate of drug-likeness (QED) is 0.836. The molecule has 0 bridgehead atoms. The first kappa shape index (κ1) is 18.7. The van der Waals surface area contributed by atoms with Crippen LogP contribution in [0, 0.1) is 5.82 Å². The van der Waals surface area contributed by atoms with Crippen LogP contribution in [0.4, 0.5) is 9.18 Å². The highest BCUT2D eigenvalue weighted by Crippen LogP contribution is 2.24. The Balaban J connectivity index is 1.80. The summed E-state index contributed by atoms with van der Waals surface area (Å²) in [6, 6.07) is 6.17. The Kier molecular flexibility index (Phi) is 6.57. The second-order valence-electron chi connectivity index (χ2n) is 6.79. The van der Waals surface area contributed by atoms with Gasteiger partial charge in [-0.2, -0.15) is 0 Å². The molecule has 0 radical (unpaired) electrons. The van der Waals surface area contributed by atoms with Gasteiger partial charge in [0.05, 0.1) is 0 Å². The maximum Gasteiger partial charge on any atom is 0.315 e. The molecule has 1 fully saturated rings. The molecule has 2 N–H and O–H groups in total. The van der Waals surface area contributed by atoms with Gasteiger partial charge in [-0.05, 0) is 58.0 Å². The molecule has 1 aromatic carbocycles. The Labute approximate surface area is 143 Å². The molecule has 134 valence electrons. The van der Waals surface area contributed by atoms with Gasteiger partial charge in [0.15, 0.2) is 0 Å². The van der Waals surface area contributed by atoms with Crippen molar-refractivity contribution < 1.29 is 13.9 Å². The Hall–Kier alpha value is -1.66. The van der Waals surface area contributed by atoms with Gasteiger partial charge < -0.3 is 20.3 Å². The summed E-state index contributed by atoms with van der Waals surface area (Å²) < 4.78 is 18.4. The number of nitrogens with one attached hydrogen (secondary N) is 2. The zero-order valence-electron chi connectivity index (χ0n) is 14.8. The summed E-state index contributed by atoms with van der Waals surface area (Å²) in [4.78, 5) is 14.4. The van der Waals surface area contributed by atoms with E-state index in [1.165, 1.54) is 12.1 Å². The molecular formula is C18H28FN3O2. The Morgan fingerprint density at radius 1 is 1.29 bits per heavy atom.